The first kappa shape index (κ1) is 21.3. The standard InChI is InChI=1S/C20H36N4O/c1-7-18(25)24-14-11-20(15-24,9-12-22-8-2)10-13-23(6)19(16(3)4)17(5)21/h7-8,16,19,22H,1-2,5,9-15,21H2,3-4,6H3. The molecule has 0 spiro atoms. The van der Waals surface area contributed by atoms with Crippen LogP contribution in [0.15, 0.2) is 37.7 Å². The molecule has 0 aromatic carbocycles. The third kappa shape index (κ3) is 5.92. The van der Waals surface area contributed by atoms with E-state index in [0.29, 0.717) is 5.92 Å². The summed E-state index contributed by atoms with van der Waals surface area (Å²) in [5.74, 6) is 0.450. The predicted molar refractivity (Wildman–Crippen MR) is 106 cm³/mol. The van der Waals surface area contributed by atoms with Crippen molar-refractivity contribution < 1.29 is 4.79 Å². The van der Waals surface area contributed by atoms with E-state index >= 15 is 0 Å². The molecule has 1 rings (SSSR count). The highest BCUT2D eigenvalue weighted by atomic mass is 16.2. The van der Waals surface area contributed by atoms with Crippen LogP contribution in [0, 0.1) is 11.3 Å². The van der Waals surface area contributed by atoms with Crippen LogP contribution >= 0.6 is 0 Å². The Balaban J connectivity index is 2.77. The highest BCUT2D eigenvalue weighted by Gasteiger charge is 2.39. The second kappa shape index (κ2) is 9.66. The molecular weight excluding hydrogens is 312 g/mol. The average Bonchev–Trinajstić information content (AvgIpc) is 2.97. The van der Waals surface area contributed by atoms with E-state index in [4.69, 9.17) is 5.73 Å². The van der Waals surface area contributed by atoms with Crippen LogP contribution in [-0.4, -0.2) is 55.0 Å². The van der Waals surface area contributed by atoms with Crippen LogP contribution in [0.4, 0.5) is 0 Å². The number of hydrogen-bond donors (Lipinski definition) is 2. The minimum atomic E-state index is 0.0299. The molecule has 5 nitrogen and oxygen atoms in total. The van der Waals surface area contributed by atoms with Gasteiger partial charge in [-0.05, 0) is 56.5 Å². The van der Waals surface area contributed by atoms with E-state index in [1.54, 1.807) is 6.20 Å². The van der Waals surface area contributed by atoms with Gasteiger partial charge in [-0.3, -0.25) is 9.69 Å². The van der Waals surface area contributed by atoms with Crippen LogP contribution in [-0.2, 0) is 4.79 Å². The highest BCUT2D eigenvalue weighted by molar-refractivity contribution is 5.87. The fourth-order valence-electron chi connectivity index (χ4n) is 4.00. The van der Waals surface area contributed by atoms with Crippen molar-refractivity contribution in [3.8, 4) is 0 Å². The molecule has 2 atom stereocenters. The fraction of sp³-hybridized carbons (Fsp3) is 0.650. The Kier molecular flexibility index (Phi) is 8.23. The van der Waals surface area contributed by atoms with Crippen molar-refractivity contribution in [2.24, 2.45) is 17.1 Å². The van der Waals surface area contributed by atoms with Gasteiger partial charge >= 0.3 is 0 Å². The van der Waals surface area contributed by atoms with Gasteiger partial charge in [0.2, 0.25) is 5.91 Å². The number of likely N-dealkylation sites (N-methyl/N-ethyl adjacent to an activating group) is 1. The summed E-state index contributed by atoms with van der Waals surface area (Å²) >= 11 is 0. The number of nitrogens with one attached hydrogen (secondary N) is 1. The fourth-order valence-corrected chi connectivity index (χ4v) is 4.00. The summed E-state index contributed by atoms with van der Waals surface area (Å²) in [4.78, 5) is 16.2. The van der Waals surface area contributed by atoms with E-state index < -0.39 is 0 Å². The second-order valence-corrected chi connectivity index (χ2v) is 7.62. The zero-order chi connectivity index (χ0) is 19.0. The summed E-state index contributed by atoms with van der Waals surface area (Å²) in [6, 6.07) is 0.177. The topological polar surface area (TPSA) is 61.6 Å². The first-order chi connectivity index (χ1) is 11.8. The lowest BCUT2D eigenvalue weighted by Gasteiger charge is -2.36. The number of carbonyl (C=O) groups excluding carboxylic acids is 1. The summed E-state index contributed by atoms with van der Waals surface area (Å²) in [5.41, 5.74) is 6.85. The number of carbonyl (C=O) groups is 1. The molecule has 5 heteroatoms. The molecule has 1 saturated heterocycles. The SMILES string of the molecule is C=CNCCC1(CCN(C)C(C(=C)N)C(C)C)CCN(C(=O)C=C)C1. The Labute approximate surface area is 153 Å². The van der Waals surface area contributed by atoms with Crippen molar-refractivity contribution in [1.29, 1.82) is 0 Å². The largest absolute Gasteiger partial charge is 0.401 e. The van der Waals surface area contributed by atoms with Gasteiger partial charge in [-0.25, -0.2) is 0 Å². The van der Waals surface area contributed by atoms with Crippen LogP contribution in [0.2, 0.25) is 0 Å². The molecule has 0 radical (unpaired) electrons. The zero-order valence-corrected chi connectivity index (χ0v) is 16.3. The monoisotopic (exact) mass is 348 g/mol. The first-order valence-electron chi connectivity index (χ1n) is 9.16. The van der Waals surface area contributed by atoms with Crippen LogP contribution < -0.4 is 11.1 Å². The van der Waals surface area contributed by atoms with Gasteiger partial charge in [-0.15, -0.1) is 0 Å². The number of rotatable bonds is 11. The molecule has 1 heterocycles. The molecular formula is C20H36N4O. The molecule has 0 saturated carbocycles. The van der Waals surface area contributed by atoms with Crippen molar-refractivity contribution >= 4 is 5.91 Å². The van der Waals surface area contributed by atoms with Crippen molar-refractivity contribution in [2.75, 3.05) is 33.2 Å². The molecule has 0 aliphatic carbocycles. The van der Waals surface area contributed by atoms with Crippen LogP contribution in [0.5, 0.6) is 0 Å². The molecule has 1 aliphatic rings. The van der Waals surface area contributed by atoms with Gasteiger partial charge in [-0.1, -0.05) is 33.6 Å². The Hall–Kier alpha value is -1.75. The Bertz CT molecular complexity index is 488. The third-order valence-corrected chi connectivity index (χ3v) is 5.35. The lowest BCUT2D eigenvalue weighted by Crippen LogP contribution is -2.42. The second-order valence-electron chi connectivity index (χ2n) is 7.62. The van der Waals surface area contributed by atoms with E-state index in [9.17, 15) is 4.79 Å². The molecule has 1 fully saturated rings. The van der Waals surface area contributed by atoms with Gasteiger partial charge in [0.25, 0.3) is 0 Å². The number of nitrogens with two attached hydrogens (primary N) is 1. The van der Waals surface area contributed by atoms with E-state index in [-0.39, 0.29) is 17.4 Å². The van der Waals surface area contributed by atoms with Crippen LogP contribution in [0.1, 0.15) is 33.1 Å². The quantitative estimate of drug-likeness (QED) is 0.444. The van der Waals surface area contributed by atoms with Crippen molar-refractivity contribution in [1.82, 2.24) is 15.1 Å². The Morgan fingerprint density at radius 1 is 1.40 bits per heavy atom. The molecule has 0 bridgehead atoms. The van der Waals surface area contributed by atoms with Crippen molar-refractivity contribution in [3.05, 3.63) is 37.7 Å². The normalized spacial score (nSPS) is 21.4. The van der Waals surface area contributed by atoms with E-state index in [2.05, 4.69) is 50.8 Å². The zero-order valence-electron chi connectivity index (χ0n) is 16.3. The average molecular weight is 349 g/mol. The predicted octanol–water partition coefficient (Wildman–Crippen LogP) is 2.33. The lowest BCUT2D eigenvalue weighted by molar-refractivity contribution is -0.125. The number of likely N-dealkylation sites (tertiary alicyclic amines) is 1. The van der Waals surface area contributed by atoms with Gasteiger partial charge < -0.3 is 16.0 Å². The van der Waals surface area contributed by atoms with E-state index in [1.807, 2.05) is 4.90 Å². The molecule has 0 aromatic heterocycles. The maximum Gasteiger partial charge on any atom is 0.245 e. The number of nitrogens with zero attached hydrogens (tertiary/aromatic N) is 2. The maximum absolute atomic E-state index is 12.0. The summed E-state index contributed by atoms with van der Waals surface area (Å²) in [6.07, 6.45) is 6.21. The molecule has 2 unspecified atom stereocenters. The first-order valence-corrected chi connectivity index (χ1v) is 9.16. The van der Waals surface area contributed by atoms with Gasteiger partial charge in [0.1, 0.15) is 0 Å². The van der Waals surface area contributed by atoms with Crippen LogP contribution in [0.3, 0.4) is 0 Å². The van der Waals surface area contributed by atoms with Crippen LogP contribution in [0.25, 0.3) is 0 Å². The van der Waals surface area contributed by atoms with Gasteiger partial charge in [-0.2, -0.15) is 0 Å². The number of hydrogen-bond acceptors (Lipinski definition) is 4. The summed E-state index contributed by atoms with van der Waals surface area (Å²) in [5, 5.41) is 3.20. The summed E-state index contributed by atoms with van der Waals surface area (Å²) < 4.78 is 0. The smallest absolute Gasteiger partial charge is 0.245 e. The third-order valence-electron chi connectivity index (χ3n) is 5.35. The summed E-state index contributed by atoms with van der Waals surface area (Å²) in [7, 11) is 2.11. The van der Waals surface area contributed by atoms with Gasteiger partial charge in [0.15, 0.2) is 0 Å². The summed E-state index contributed by atoms with van der Waals surface area (Å²) in [6.45, 7) is 19.0. The molecule has 0 aromatic rings. The van der Waals surface area contributed by atoms with E-state index in [0.717, 1.165) is 51.1 Å². The van der Waals surface area contributed by atoms with Gasteiger partial charge in [0, 0.05) is 25.3 Å². The molecule has 142 valence electrons. The maximum atomic E-state index is 12.0. The Morgan fingerprint density at radius 3 is 2.60 bits per heavy atom. The van der Waals surface area contributed by atoms with E-state index in [1.165, 1.54) is 6.08 Å². The molecule has 1 aliphatic heterocycles. The molecule has 3 N–H and O–H groups in total. The van der Waals surface area contributed by atoms with Crippen molar-refractivity contribution in [3.63, 3.8) is 0 Å². The molecule has 25 heavy (non-hydrogen) atoms. The number of amides is 1. The highest BCUT2D eigenvalue weighted by Crippen LogP contribution is 2.38. The molecule has 1 amide bonds. The minimum Gasteiger partial charge on any atom is -0.401 e. The van der Waals surface area contributed by atoms with Crippen molar-refractivity contribution in [2.45, 2.75) is 39.2 Å². The lowest BCUT2D eigenvalue weighted by atomic mass is 9.80. The minimum absolute atomic E-state index is 0.0299. The Morgan fingerprint density at radius 2 is 2.08 bits per heavy atom. The van der Waals surface area contributed by atoms with Gasteiger partial charge in [0.05, 0.1) is 6.04 Å².